The van der Waals surface area contributed by atoms with Crippen LogP contribution in [0.5, 0.6) is 0 Å². The van der Waals surface area contributed by atoms with Crippen molar-refractivity contribution in [3.05, 3.63) is 0 Å². The van der Waals surface area contributed by atoms with Crippen LogP contribution < -0.4 is 0 Å². The van der Waals surface area contributed by atoms with Crippen molar-refractivity contribution in [2.24, 2.45) is 5.41 Å². The van der Waals surface area contributed by atoms with Crippen molar-refractivity contribution in [1.29, 1.82) is 0 Å². The van der Waals surface area contributed by atoms with Crippen molar-refractivity contribution >= 4 is 11.8 Å². The molecule has 0 saturated carbocycles. The molecule has 1 rings (SSSR count). The minimum absolute atomic E-state index is 0.489. The molecule has 0 radical (unpaired) electrons. The van der Waals surface area contributed by atoms with E-state index >= 15 is 0 Å². The van der Waals surface area contributed by atoms with Gasteiger partial charge in [0.2, 0.25) is 0 Å². The van der Waals surface area contributed by atoms with Gasteiger partial charge in [0.15, 0.2) is 0 Å². The van der Waals surface area contributed by atoms with Gasteiger partial charge in [0.05, 0.1) is 0 Å². The second-order valence-electron chi connectivity index (χ2n) is 5.54. The third kappa shape index (κ3) is 4.22. The first kappa shape index (κ1) is 12.4. The van der Waals surface area contributed by atoms with Crippen molar-refractivity contribution in [3.63, 3.8) is 0 Å². The Balaban J connectivity index is 2.27. The van der Waals surface area contributed by atoms with Crippen LogP contribution in [0, 0.1) is 5.41 Å². The van der Waals surface area contributed by atoms with E-state index in [-0.39, 0.29) is 0 Å². The molecule has 2 heteroatoms. The van der Waals surface area contributed by atoms with Gasteiger partial charge in [-0.1, -0.05) is 27.7 Å². The Morgan fingerprint density at radius 3 is 2.21 bits per heavy atom. The molecular weight excluding hydrogens is 190 g/mol. The molecule has 0 N–H and O–H groups in total. The van der Waals surface area contributed by atoms with Crippen LogP contribution in [0.2, 0.25) is 0 Å². The van der Waals surface area contributed by atoms with E-state index in [4.69, 9.17) is 0 Å². The molecule has 0 atom stereocenters. The Kier molecular flexibility index (Phi) is 4.78. The van der Waals surface area contributed by atoms with Crippen molar-refractivity contribution < 1.29 is 0 Å². The number of hydrogen-bond acceptors (Lipinski definition) is 2. The summed E-state index contributed by atoms with van der Waals surface area (Å²) in [6.45, 7) is 11.9. The lowest BCUT2D eigenvalue weighted by Crippen LogP contribution is -2.45. The summed E-state index contributed by atoms with van der Waals surface area (Å²) in [5.74, 6) is 2.73. The summed E-state index contributed by atoms with van der Waals surface area (Å²) >= 11 is 2.09. The van der Waals surface area contributed by atoms with Gasteiger partial charge in [-0.05, 0) is 31.3 Å². The quantitative estimate of drug-likeness (QED) is 0.692. The van der Waals surface area contributed by atoms with E-state index in [0.29, 0.717) is 5.41 Å². The van der Waals surface area contributed by atoms with Gasteiger partial charge in [-0.2, -0.15) is 11.8 Å². The van der Waals surface area contributed by atoms with Gasteiger partial charge in [-0.25, -0.2) is 0 Å². The highest BCUT2D eigenvalue weighted by Crippen LogP contribution is 2.26. The Morgan fingerprint density at radius 2 is 1.86 bits per heavy atom. The SMILES string of the molecule is CCCN(CCC(C)(C)C)C1CSC1. The molecule has 1 saturated heterocycles. The van der Waals surface area contributed by atoms with Crippen LogP contribution >= 0.6 is 11.8 Å². The predicted molar refractivity (Wildman–Crippen MR) is 67.0 cm³/mol. The standard InChI is InChI=1S/C12H25NS/c1-5-7-13(11-9-14-10-11)8-6-12(2,3)4/h11H,5-10H2,1-4H3. The second-order valence-corrected chi connectivity index (χ2v) is 6.61. The van der Waals surface area contributed by atoms with Gasteiger partial charge < -0.3 is 0 Å². The van der Waals surface area contributed by atoms with Crippen LogP contribution in [-0.2, 0) is 0 Å². The summed E-state index contributed by atoms with van der Waals surface area (Å²) in [6.07, 6.45) is 2.62. The zero-order valence-electron chi connectivity index (χ0n) is 10.2. The topological polar surface area (TPSA) is 3.24 Å². The van der Waals surface area contributed by atoms with Crippen LogP contribution in [0.3, 0.4) is 0 Å². The maximum atomic E-state index is 2.70. The van der Waals surface area contributed by atoms with E-state index in [1.807, 2.05) is 0 Å². The van der Waals surface area contributed by atoms with Gasteiger partial charge in [0.1, 0.15) is 0 Å². The van der Waals surface area contributed by atoms with E-state index in [9.17, 15) is 0 Å². The Morgan fingerprint density at radius 1 is 1.21 bits per heavy atom. The van der Waals surface area contributed by atoms with Gasteiger partial charge in [-0.3, -0.25) is 4.90 Å². The molecule has 0 spiro atoms. The predicted octanol–water partition coefficient (Wildman–Crippen LogP) is 3.25. The Hall–Kier alpha value is 0.310. The average molecular weight is 215 g/mol. The molecular formula is C12H25NS. The number of nitrogens with zero attached hydrogens (tertiary/aromatic N) is 1. The Bertz CT molecular complexity index is 158. The van der Waals surface area contributed by atoms with Crippen LogP contribution in [0.4, 0.5) is 0 Å². The number of thioether (sulfide) groups is 1. The third-order valence-electron chi connectivity index (χ3n) is 2.80. The fourth-order valence-electron chi connectivity index (χ4n) is 1.68. The molecule has 0 aromatic heterocycles. The zero-order chi connectivity index (χ0) is 10.6. The largest absolute Gasteiger partial charge is 0.299 e. The lowest BCUT2D eigenvalue weighted by molar-refractivity contribution is 0.188. The van der Waals surface area contributed by atoms with Crippen molar-refractivity contribution in [2.45, 2.75) is 46.6 Å². The maximum absolute atomic E-state index is 2.70. The highest BCUT2D eigenvalue weighted by molar-refractivity contribution is 8.00. The fraction of sp³-hybridized carbons (Fsp3) is 1.00. The van der Waals surface area contributed by atoms with E-state index in [0.717, 1.165) is 6.04 Å². The maximum Gasteiger partial charge on any atom is 0.0276 e. The molecule has 0 aromatic carbocycles. The first-order valence-electron chi connectivity index (χ1n) is 5.85. The monoisotopic (exact) mass is 215 g/mol. The third-order valence-corrected chi connectivity index (χ3v) is 4.04. The molecule has 1 aliphatic heterocycles. The molecule has 1 fully saturated rings. The smallest absolute Gasteiger partial charge is 0.0276 e. The van der Waals surface area contributed by atoms with E-state index in [1.165, 1.54) is 37.4 Å². The van der Waals surface area contributed by atoms with Gasteiger partial charge in [0.25, 0.3) is 0 Å². The zero-order valence-corrected chi connectivity index (χ0v) is 11.0. The highest BCUT2D eigenvalue weighted by Gasteiger charge is 2.25. The van der Waals surface area contributed by atoms with Crippen molar-refractivity contribution in [1.82, 2.24) is 4.90 Å². The summed E-state index contributed by atoms with van der Waals surface area (Å²) in [6, 6.07) is 0.891. The minimum atomic E-state index is 0.489. The van der Waals surface area contributed by atoms with Gasteiger partial charge >= 0.3 is 0 Å². The molecule has 0 amide bonds. The molecule has 14 heavy (non-hydrogen) atoms. The Labute approximate surface area is 93.6 Å². The number of hydrogen-bond donors (Lipinski definition) is 0. The number of rotatable bonds is 5. The normalized spacial score (nSPS) is 18.6. The first-order valence-corrected chi connectivity index (χ1v) is 7.00. The first-order chi connectivity index (χ1) is 6.53. The van der Waals surface area contributed by atoms with Crippen molar-refractivity contribution in [3.8, 4) is 0 Å². The lowest BCUT2D eigenvalue weighted by Gasteiger charge is -2.38. The summed E-state index contributed by atoms with van der Waals surface area (Å²) in [5, 5.41) is 0. The lowest BCUT2D eigenvalue weighted by atomic mass is 9.92. The fourth-order valence-corrected chi connectivity index (χ4v) is 2.55. The molecule has 1 nitrogen and oxygen atoms in total. The minimum Gasteiger partial charge on any atom is -0.299 e. The molecule has 1 aliphatic rings. The molecule has 1 heterocycles. The van der Waals surface area contributed by atoms with E-state index < -0.39 is 0 Å². The highest BCUT2D eigenvalue weighted by atomic mass is 32.2. The molecule has 0 aromatic rings. The van der Waals surface area contributed by atoms with E-state index in [1.54, 1.807) is 0 Å². The van der Waals surface area contributed by atoms with Gasteiger partial charge in [0, 0.05) is 17.5 Å². The summed E-state index contributed by atoms with van der Waals surface area (Å²) in [5.41, 5.74) is 0.489. The van der Waals surface area contributed by atoms with Gasteiger partial charge in [-0.15, -0.1) is 0 Å². The van der Waals surface area contributed by atoms with E-state index in [2.05, 4.69) is 44.4 Å². The van der Waals surface area contributed by atoms with Crippen LogP contribution in [0.15, 0.2) is 0 Å². The average Bonchev–Trinajstić information content (AvgIpc) is 1.95. The van der Waals surface area contributed by atoms with Crippen molar-refractivity contribution in [2.75, 3.05) is 24.6 Å². The summed E-state index contributed by atoms with van der Waals surface area (Å²) < 4.78 is 0. The summed E-state index contributed by atoms with van der Waals surface area (Å²) in [7, 11) is 0. The molecule has 0 aliphatic carbocycles. The van der Waals surface area contributed by atoms with Crippen LogP contribution in [0.1, 0.15) is 40.5 Å². The van der Waals surface area contributed by atoms with Crippen LogP contribution in [0.25, 0.3) is 0 Å². The van der Waals surface area contributed by atoms with Crippen LogP contribution in [-0.4, -0.2) is 35.5 Å². The molecule has 84 valence electrons. The molecule has 0 unspecified atom stereocenters. The molecule has 0 bridgehead atoms. The second kappa shape index (κ2) is 5.41. The summed E-state index contributed by atoms with van der Waals surface area (Å²) in [4.78, 5) is 2.70.